The van der Waals surface area contributed by atoms with Gasteiger partial charge in [0, 0.05) is 42.9 Å². The highest BCUT2D eigenvalue weighted by atomic mass is 16.5. The van der Waals surface area contributed by atoms with E-state index in [-0.39, 0.29) is 17.6 Å². The van der Waals surface area contributed by atoms with Gasteiger partial charge in [-0.3, -0.25) is 9.59 Å². The Morgan fingerprint density at radius 1 is 1.42 bits per heavy atom. The number of aromatic nitrogens is 1. The molecule has 126 valence electrons. The van der Waals surface area contributed by atoms with Crippen LogP contribution in [0.3, 0.4) is 0 Å². The van der Waals surface area contributed by atoms with Crippen molar-refractivity contribution in [1.29, 1.82) is 0 Å². The average molecular weight is 328 g/mol. The number of carbonyl (C=O) groups is 1. The molecular formula is C18H20N2O4. The van der Waals surface area contributed by atoms with Crippen LogP contribution in [0.25, 0.3) is 0 Å². The van der Waals surface area contributed by atoms with Crippen molar-refractivity contribution in [3.63, 3.8) is 0 Å². The highest BCUT2D eigenvalue weighted by Gasteiger charge is 2.22. The Labute approximate surface area is 140 Å². The smallest absolute Gasteiger partial charge is 0.256 e. The number of hydrogen-bond donors (Lipinski definition) is 1. The van der Waals surface area contributed by atoms with E-state index in [2.05, 4.69) is 5.32 Å². The van der Waals surface area contributed by atoms with Crippen LogP contribution in [-0.2, 0) is 13.5 Å². The summed E-state index contributed by atoms with van der Waals surface area (Å²) in [5.74, 6) is 0.996. The predicted octanol–water partition coefficient (Wildman–Crippen LogP) is 2.36. The first-order chi connectivity index (χ1) is 11.5. The van der Waals surface area contributed by atoms with Gasteiger partial charge in [0.25, 0.3) is 11.5 Å². The molecule has 24 heavy (non-hydrogen) atoms. The minimum atomic E-state index is -0.361. The Hall–Kier alpha value is -2.76. The molecular weight excluding hydrogens is 308 g/mol. The lowest BCUT2D eigenvalue weighted by Crippen LogP contribution is -2.20. The van der Waals surface area contributed by atoms with Crippen molar-refractivity contribution < 1.29 is 14.3 Å². The summed E-state index contributed by atoms with van der Waals surface area (Å²) in [5, 5.41) is 2.81. The number of rotatable bonds is 4. The third-order valence-corrected chi connectivity index (χ3v) is 3.91. The van der Waals surface area contributed by atoms with Crippen LogP contribution in [0, 0.1) is 0 Å². The van der Waals surface area contributed by atoms with Crippen molar-refractivity contribution in [2.45, 2.75) is 26.4 Å². The molecule has 3 rings (SSSR count). The van der Waals surface area contributed by atoms with E-state index in [0.29, 0.717) is 23.6 Å². The zero-order chi connectivity index (χ0) is 17.3. The van der Waals surface area contributed by atoms with E-state index in [1.807, 2.05) is 19.9 Å². The van der Waals surface area contributed by atoms with Crippen molar-refractivity contribution in [3.05, 3.63) is 51.9 Å². The van der Waals surface area contributed by atoms with E-state index in [4.69, 9.17) is 9.47 Å². The highest BCUT2D eigenvalue weighted by molar-refractivity contribution is 6.05. The molecule has 0 bridgehead atoms. The molecule has 1 aromatic carbocycles. The summed E-state index contributed by atoms with van der Waals surface area (Å²) in [6, 6.07) is 6.59. The van der Waals surface area contributed by atoms with Crippen molar-refractivity contribution in [1.82, 2.24) is 4.57 Å². The number of carbonyl (C=O) groups excluding carboxylic acids is 1. The fourth-order valence-electron chi connectivity index (χ4n) is 2.70. The van der Waals surface area contributed by atoms with Gasteiger partial charge in [0.05, 0.1) is 12.3 Å². The summed E-state index contributed by atoms with van der Waals surface area (Å²) in [4.78, 5) is 24.1. The van der Waals surface area contributed by atoms with Crippen molar-refractivity contribution in [2.24, 2.45) is 7.05 Å². The molecule has 1 aliphatic heterocycles. The molecule has 1 aliphatic rings. The van der Waals surface area contributed by atoms with Gasteiger partial charge in [-0.2, -0.15) is 0 Å². The monoisotopic (exact) mass is 328 g/mol. The van der Waals surface area contributed by atoms with Gasteiger partial charge in [0.1, 0.15) is 17.6 Å². The molecule has 2 heterocycles. The zero-order valence-electron chi connectivity index (χ0n) is 14.0. The molecule has 1 N–H and O–H groups in total. The highest BCUT2D eigenvalue weighted by Crippen LogP contribution is 2.38. The summed E-state index contributed by atoms with van der Waals surface area (Å²) < 4.78 is 12.8. The van der Waals surface area contributed by atoms with E-state index >= 15 is 0 Å². The number of fused-ring (bicyclic) bond motifs is 1. The molecule has 0 aliphatic carbocycles. The van der Waals surface area contributed by atoms with E-state index in [1.54, 1.807) is 25.4 Å². The van der Waals surface area contributed by atoms with Crippen molar-refractivity contribution in [3.8, 4) is 11.5 Å². The number of benzene rings is 1. The third-order valence-electron chi connectivity index (χ3n) is 3.91. The summed E-state index contributed by atoms with van der Waals surface area (Å²) in [7, 11) is 1.64. The van der Waals surface area contributed by atoms with Gasteiger partial charge in [0.15, 0.2) is 0 Å². The topological polar surface area (TPSA) is 69.6 Å². The average Bonchev–Trinajstić information content (AvgIpc) is 2.89. The molecule has 0 saturated carbocycles. The molecule has 0 radical (unpaired) electrons. The van der Waals surface area contributed by atoms with Gasteiger partial charge in [-0.1, -0.05) is 0 Å². The molecule has 0 spiro atoms. The van der Waals surface area contributed by atoms with Crippen molar-refractivity contribution in [2.75, 3.05) is 11.9 Å². The van der Waals surface area contributed by atoms with Crippen LogP contribution in [0.4, 0.5) is 5.69 Å². The molecule has 0 saturated heterocycles. The van der Waals surface area contributed by atoms with E-state index in [9.17, 15) is 9.59 Å². The quantitative estimate of drug-likeness (QED) is 0.935. The molecule has 0 fully saturated rings. The van der Waals surface area contributed by atoms with Crippen LogP contribution < -0.4 is 20.3 Å². The molecule has 6 nitrogen and oxygen atoms in total. The minimum Gasteiger partial charge on any atom is -0.492 e. The zero-order valence-corrected chi connectivity index (χ0v) is 14.0. The first kappa shape index (κ1) is 16.1. The number of ether oxygens (including phenoxy) is 2. The molecule has 1 atom stereocenters. The number of anilines is 1. The van der Waals surface area contributed by atoms with Gasteiger partial charge in [-0.15, -0.1) is 0 Å². The Morgan fingerprint density at radius 3 is 2.92 bits per heavy atom. The van der Waals surface area contributed by atoms with Gasteiger partial charge in [0.2, 0.25) is 0 Å². The molecule has 1 aromatic heterocycles. The standard InChI is InChI=1S/C18H20N2O4/c1-4-23-16-8-13-7-11(2)24-15(13)10-14(16)19-18(22)12-5-6-20(3)17(21)9-12/h5-6,8-11H,4,7H2,1-3H3,(H,19,22). The fourth-order valence-corrected chi connectivity index (χ4v) is 2.70. The molecule has 1 unspecified atom stereocenters. The minimum absolute atomic E-state index is 0.109. The summed E-state index contributed by atoms with van der Waals surface area (Å²) >= 11 is 0. The maximum absolute atomic E-state index is 12.4. The Balaban J connectivity index is 1.91. The summed E-state index contributed by atoms with van der Waals surface area (Å²) in [5.41, 5.74) is 1.67. The van der Waals surface area contributed by atoms with Crippen LogP contribution in [0.15, 0.2) is 35.3 Å². The maximum Gasteiger partial charge on any atom is 0.256 e. The van der Waals surface area contributed by atoms with Crippen LogP contribution >= 0.6 is 0 Å². The van der Waals surface area contributed by atoms with Gasteiger partial charge >= 0.3 is 0 Å². The Morgan fingerprint density at radius 2 is 2.21 bits per heavy atom. The van der Waals surface area contributed by atoms with E-state index in [1.165, 1.54) is 10.6 Å². The third kappa shape index (κ3) is 3.13. The van der Waals surface area contributed by atoms with E-state index < -0.39 is 0 Å². The molecule has 2 aromatic rings. The van der Waals surface area contributed by atoms with Crippen LogP contribution in [0.2, 0.25) is 0 Å². The second kappa shape index (κ2) is 6.39. The molecule has 6 heteroatoms. The van der Waals surface area contributed by atoms with Crippen LogP contribution in [0.5, 0.6) is 11.5 Å². The first-order valence-electron chi connectivity index (χ1n) is 7.92. The lowest BCUT2D eigenvalue weighted by atomic mass is 10.1. The van der Waals surface area contributed by atoms with Gasteiger partial charge in [-0.25, -0.2) is 0 Å². The number of nitrogens with one attached hydrogen (secondary N) is 1. The summed E-state index contributed by atoms with van der Waals surface area (Å²) in [6.07, 6.45) is 2.49. The van der Waals surface area contributed by atoms with E-state index in [0.717, 1.165) is 17.7 Å². The fraction of sp³-hybridized carbons (Fsp3) is 0.333. The second-order valence-electron chi connectivity index (χ2n) is 5.84. The number of amides is 1. The predicted molar refractivity (Wildman–Crippen MR) is 91.0 cm³/mol. The lowest BCUT2D eigenvalue weighted by Gasteiger charge is -2.13. The van der Waals surface area contributed by atoms with Crippen LogP contribution in [-0.4, -0.2) is 23.2 Å². The number of nitrogens with zero attached hydrogens (tertiary/aromatic N) is 1. The van der Waals surface area contributed by atoms with Crippen LogP contribution in [0.1, 0.15) is 29.8 Å². The second-order valence-corrected chi connectivity index (χ2v) is 5.84. The first-order valence-corrected chi connectivity index (χ1v) is 7.92. The maximum atomic E-state index is 12.4. The Bertz CT molecular complexity index is 841. The Kier molecular flexibility index (Phi) is 4.29. The SMILES string of the molecule is CCOc1cc2c(cc1NC(=O)c1ccn(C)c(=O)c1)OC(C)C2. The summed E-state index contributed by atoms with van der Waals surface area (Å²) in [6.45, 7) is 4.38. The van der Waals surface area contributed by atoms with Gasteiger partial charge < -0.3 is 19.4 Å². The molecule has 1 amide bonds. The largest absolute Gasteiger partial charge is 0.492 e. The lowest BCUT2D eigenvalue weighted by molar-refractivity contribution is 0.102. The number of hydrogen-bond acceptors (Lipinski definition) is 4. The van der Waals surface area contributed by atoms with Gasteiger partial charge in [-0.05, 0) is 26.0 Å². The normalized spacial score (nSPS) is 15.5. The van der Waals surface area contributed by atoms with Crippen molar-refractivity contribution >= 4 is 11.6 Å². The number of aryl methyl sites for hydroxylation is 1. The number of pyridine rings is 1.